The largest absolute Gasteiger partial charge is 0.291 e. The highest BCUT2D eigenvalue weighted by Crippen LogP contribution is 2.12. The summed E-state index contributed by atoms with van der Waals surface area (Å²) in [7, 11) is 0. The van der Waals surface area contributed by atoms with Crippen LogP contribution in [0.1, 0.15) is 17.0 Å². The Balaban J connectivity index is 1.99. The fourth-order valence-electron chi connectivity index (χ4n) is 1.79. The van der Waals surface area contributed by atoms with Crippen LogP contribution in [-0.4, -0.2) is 16.4 Å². The molecule has 4 heteroatoms. The zero-order valence-corrected chi connectivity index (χ0v) is 10.9. The van der Waals surface area contributed by atoms with E-state index in [4.69, 9.17) is 5.26 Å². The summed E-state index contributed by atoms with van der Waals surface area (Å²) in [6.07, 6.45) is 2.38. The lowest BCUT2D eigenvalue weighted by atomic mass is 10.2. The maximum atomic E-state index is 8.72. The number of benzene rings is 1. The molecule has 0 aliphatic carbocycles. The second-order valence-electron chi connectivity index (χ2n) is 4.03. The van der Waals surface area contributed by atoms with Crippen LogP contribution in [0.5, 0.6) is 0 Å². The molecule has 0 saturated heterocycles. The van der Waals surface area contributed by atoms with Gasteiger partial charge in [-0.1, -0.05) is 30.3 Å². The predicted octanol–water partition coefficient (Wildman–Crippen LogP) is 3.06. The van der Waals surface area contributed by atoms with E-state index in [1.165, 1.54) is 5.56 Å². The first-order valence-electron chi connectivity index (χ1n) is 5.90. The third-order valence-corrected chi connectivity index (χ3v) is 3.40. The minimum Gasteiger partial charge on any atom is -0.291 e. The highest BCUT2D eigenvalue weighted by molar-refractivity contribution is 7.09. The Morgan fingerprint density at radius 3 is 2.72 bits per heavy atom. The summed E-state index contributed by atoms with van der Waals surface area (Å²) in [5.41, 5.74) is 1.27. The molecule has 0 aliphatic rings. The Morgan fingerprint density at radius 1 is 1.22 bits per heavy atom. The quantitative estimate of drug-likeness (QED) is 0.798. The van der Waals surface area contributed by atoms with Crippen LogP contribution in [0, 0.1) is 11.3 Å². The molecule has 18 heavy (non-hydrogen) atoms. The molecule has 0 atom stereocenters. The minimum absolute atomic E-state index is 0.554. The van der Waals surface area contributed by atoms with Crippen LogP contribution in [0.25, 0.3) is 0 Å². The number of nitriles is 1. The second-order valence-corrected chi connectivity index (χ2v) is 5.01. The van der Waals surface area contributed by atoms with Gasteiger partial charge in [0, 0.05) is 31.1 Å². The molecule has 1 heterocycles. The zero-order chi connectivity index (χ0) is 12.6. The third kappa shape index (κ3) is 3.95. The Labute approximate surface area is 111 Å². The lowest BCUT2D eigenvalue weighted by molar-refractivity contribution is 0.262. The van der Waals surface area contributed by atoms with Crippen LogP contribution in [0.3, 0.4) is 0 Å². The summed E-state index contributed by atoms with van der Waals surface area (Å²) in [6, 6.07) is 12.5. The summed E-state index contributed by atoms with van der Waals surface area (Å²) in [6.45, 7) is 2.46. The monoisotopic (exact) mass is 257 g/mol. The average Bonchev–Trinajstić information content (AvgIpc) is 2.90. The van der Waals surface area contributed by atoms with Crippen molar-refractivity contribution in [1.29, 1.82) is 5.26 Å². The van der Waals surface area contributed by atoms with Gasteiger partial charge >= 0.3 is 0 Å². The zero-order valence-electron chi connectivity index (χ0n) is 10.1. The molecule has 92 valence electrons. The van der Waals surface area contributed by atoms with E-state index in [-0.39, 0.29) is 0 Å². The number of hydrogen-bond donors (Lipinski definition) is 0. The lowest BCUT2D eigenvalue weighted by Crippen LogP contribution is -2.23. The van der Waals surface area contributed by atoms with Crippen molar-refractivity contribution >= 4 is 11.3 Å². The van der Waals surface area contributed by atoms with Gasteiger partial charge in [0.05, 0.1) is 12.6 Å². The van der Waals surface area contributed by atoms with Gasteiger partial charge in [-0.3, -0.25) is 4.90 Å². The molecular formula is C14H15N3S. The van der Waals surface area contributed by atoms with E-state index in [2.05, 4.69) is 28.1 Å². The first-order chi connectivity index (χ1) is 8.88. The molecule has 3 nitrogen and oxygen atoms in total. The molecule has 2 aromatic rings. The van der Waals surface area contributed by atoms with Crippen molar-refractivity contribution in [2.45, 2.75) is 19.5 Å². The Morgan fingerprint density at radius 2 is 2.06 bits per heavy atom. The first-order valence-corrected chi connectivity index (χ1v) is 6.78. The molecule has 0 N–H and O–H groups in total. The van der Waals surface area contributed by atoms with E-state index >= 15 is 0 Å². The maximum absolute atomic E-state index is 8.72. The molecule has 0 unspecified atom stereocenters. The number of thiazole rings is 1. The smallest absolute Gasteiger partial charge is 0.107 e. The summed E-state index contributed by atoms with van der Waals surface area (Å²) in [4.78, 5) is 6.56. The van der Waals surface area contributed by atoms with Gasteiger partial charge in [0.15, 0.2) is 0 Å². The van der Waals surface area contributed by atoms with Crippen LogP contribution in [-0.2, 0) is 13.1 Å². The molecule has 0 bridgehead atoms. The lowest BCUT2D eigenvalue weighted by Gasteiger charge is -2.19. The van der Waals surface area contributed by atoms with E-state index in [0.717, 1.165) is 24.6 Å². The van der Waals surface area contributed by atoms with E-state index in [1.54, 1.807) is 11.3 Å². The van der Waals surface area contributed by atoms with Gasteiger partial charge in [-0.05, 0) is 5.56 Å². The summed E-state index contributed by atoms with van der Waals surface area (Å²) >= 11 is 1.66. The maximum Gasteiger partial charge on any atom is 0.107 e. The third-order valence-electron chi connectivity index (χ3n) is 2.63. The summed E-state index contributed by atoms with van der Waals surface area (Å²) in [5.74, 6) is 0. The van der Waals surface area contributed by atoms with Crippen molar-refractivity contribution in [3.05, 3.63) is 52.5 Å². The molecular weight excluding hydrogens is 242 g/mol. The molecule has 1 aromatic carbocycles. The van der Waals surface area contributed by atoms with Crippen LogP contribution in [0.4, 0.5) is 0 Å². The number of aromatic nitrogens is 1. The van der Waals surface area contributed by atoms with Gasteiger partial charge in [-0.25, -0.2) is 4.98 Å². The highest BCUT2D eigenvalue weighted by atomic mass is 32.1. The normalized spacial score (nSPS) is 10.4. The molecule has 0 amide bonds. The molecule has 0 radical (unpaired) electrons. The highest BCUT2D eigenvalue weighted by Gasteiger charge is 2.08. The van der Waals surface area contributed by atoms with Gasteiger partial charge < -0.3 is 0 Å². The van der Waals surface area contributed by atoms with Gasteiger partial charge in [-0.15, -0.1) is 11.3 Å². The Hall–Kier alpha value is -1.70. The number of rotatable bonds is 6. The van der Waals surface area contributed by atoms with Crippen molar-refractivity contribution in [1.82, 2.24) is 9.88 Å². The van der Waals surface area contributed by atoms with Gasteiger partial charge in [0.2, 0.25) is 0 Å². The first kappa shape index (κ1) is 12.7. The van der Waals surface area contributed by atoms with Crippen molar-refractivity contribution in [2.24, 2.45) is 0 Å². The van der Waals surface area contributed by atoms with Crippen LogP contribution in [0.15, 0.2) is 41.9 Å². The number of hydrogen-bond acceptors (Lipinski definition) is 4. The van der Waals surface area contributed by atoms with Crippen molar-refractivity contribution in [2.75, 3.05) is 6.54 Å². The molecule has 0 saturated carbocycles. The van der Waals surface area contributed by atoms with Gasteiger partial charge in [0.25, 0.3) is 0 Å². The fourth-order valence-corrected chi connectivity index (χ4v) is 2.44. The Kier molecular flexibility index (Phi) is 4.88. The van der Waals surface area contributed by atoms with E-state index in [0.29, 0.717) is 6.42 Å². The summed E-state index contributed by atoms with van der Waals surface area (Å²) in [5, 5.41) is 11.8. The molecule has 2 rings (SSSR count). The standard InChI is InChI=1S/C14H15N3S/c15-7-4-9-17(12-14-16-8-10-18-14)11-13-5-2-1-3-6-13/h1-3,5-6,8,10H,4,9,11-12H2. The van der Waals surface area contributed by atoms with Crippen LogP contribution >= 0.6 is 11.3 Å². The van der Waals surface area contributed by atoms with Crippen molar-refractivity contribution in [3.8, 4) is 6.07 Å². The van der Waals surface area contributed by atoms with E-state index in [1.807, 2.05) is 29.8 Å². The molecule has 1 aromatic heterocycles. The summed E-state index contributed by atoms with van der Waals surface area (Å²) < 4.78 is 0. The molecule has 0 aliphatic heterocycles. The molecule has 0 spiro atoms. The average molecular weight is 257 g/mol. The minimum atomic E-state index is 0.554. The molecule has 0 fully saturated rings. The van der Waals surface area contributed by atoms with Gasteiger partial charge in [0.1, 0.15) is 5.01 Å². The number of nitrogens with zero attached hydrogens (tertiary/aromatic N) is 3. The predicted molar refractivity (Wildman–Crippen MR) is 72.9 cm³/mol. The SMILES string of the molecule is N#CCCN(Cc1ccccc1)Cc1nccs1. The van der Waals surface area contributed by atoms with Crippen LogP contribution < -0.4 is 0 Å². The van der Waals surface area contributed by atoms with Crippen molar-refractivity contribution < 1.29 is 0 Å². The van der Waals surface area contributed by atoms with Crippen molar-refractivity contribution in [3.63, 3.8) is 0 Å². The van der Waals surface area contributed by atoms with Gasteiger partial charge in [-0.2, -0.15) is 5.26 Å². The second kappa shape index (κ2) is 6.90. The Bertz CT molecular complexity index is 488. The van der Waals surface area contributed by atoms with Crippen LogP contribution in [0.2, 0.25) is 0 Å². The topological polar surface area (TPSA) is 39.9 Å². The van der Waals surface area contributed by atoms with E-state index in [9.17, 15) is 0 Å². The fraction of sp³-hybridized carbons (Fsp3) is 0.286. The van der Waals surface area contributed by atoms with E-state index < -0.39 is 0 Å².